The Labute approximate surface area is 121 Å². The number of aliphatic hydroxyl groups is 1. The first-order valence-corrected chi connectivity index (χ1v) is 7.05. The van der Waals surface area contributed by atoms with Crippen LogP contribution in [0.3, 0.4) is 0 Å². The van der Waals surface area contributed by atoms with Gasteiger partial charge in [0, 0.05) is 12.1 Å². The van der Waals surface area contributed by atoms with E-state index in [4.69, 9.17) is 5.26 Å². The molecule has 1 aromatic carbocycles. The number of hydrogen-bond acceptors (Lipinski definition) is 5. The van der Waals surface area contributed by atoms with Gasteiger partial charge in [-0.25, -0.2) is 0 Å². The van der Waals surface area contributed by atoms with Crippen LogP contribution in [0, 0.1) is 11.3 Å². The van der Waals surface area contributed by atoms with Crippen LogP contribution < -0.4 is 5.32 Å². The van der Waals surface area contributed by atoms with Gasteiger partial charge in [-0.15, -0.1) is 0 Å². The lowest BCUT2D eigenvalue weighted by Gasteiger charge is -2.13. The average Bonchev–Trinajstić information content (AvgIpc) is 2.98. The predicted octanol–water partition coefficient (Wildman–Crippen LogP) is 2.97. The summed E-state index contributed by atoms with van der Waals surface area (Å²) < 4.78 is 0. The molecule has 2 aromatic rings. The predicted molar refractivity (Wildman–Crippen MR) is 78.9 cm³/mol. The van der Waals surface area contributed by atoms with Crippen LogP contribution in [0.5, 0.6) is 0 Å². The molecule has 0 aliphatic heterocycles. The number of thiophene rings is 1. The Bertz CT molecular complexity index is 644. The van der Waals surface area contributed by atoms with Crippen LogP contribution >= 0.6 is 11.3 Å². The minimum absolute atomic E-state index is 0.0593. The zero-order chi connectivity index (χ0) is 14.5. The molecule has 0 fully saturated rings. The molecule has 0 saturated carbocycles. The fraction of sp³-hybridized carbons (Fsp3) is 0.200. The second-order valence-corrected chi connectivity index (χ2v) is 5.16. The number of Topliss-reactive ketones (excluding diaryl/α,β-unsaturated/α-hetero) is 1. The number of carbonyl (C=O) groups excluding carboxylic acids is 1. The zero-order valence-electron chi connectivity index (χ0n) is 11.0. The number of nitrogens with zero attached hydrogens (tertiary/aromatic N) is 1. The molecular weight excluding hydrogens is 272 g/mol. The van der Waals surface area contributed by atoms with Crippen molar-refractivity contribution >= 4 is 22.8 Å². The summed E-state index contributed by atoms with van der Waals surface area (Å²) in [6.07, 6.45) is -0.645. The van der Waals surface area contributed by atoms with Crippen molar-refractivity contribution < 1.29 is 9.90 Å². The van der Waals surface area contributed by atoms with Crippen LogP contribution in [0.1, 0.15) is 34.5 Å². The number of anilines is 1. The largest absolute Gasteiger partial charge is 0.387 e. The molecule has 0 bridgehead atoms. The Balaban J connectivity index is 2.14. The Morgan fingerprint density at radius 3 is 2.90 bits per heavy atom. The van der Waals surface area contributed by atoms with Gasteiger partial charge in [-0.3, -0.25) is 4.79 Å². The molecule has 2 N–H and O–H groups in total. The Kier molecular flexibility index (Phi) is 4.51. The molecule has 0 spiro atoms. The van der Waals surface area contributed by atoms with E-state index in [-0.39, 0.29) is 12.3 Å². The van der Waals surface area contributed by atoms with Crippen LogP contribution in [-0.4, -0.2) is 17.4 Å². The van der Waals surface area contributed by atoms with Crippen molar-refractivity contribution in [2.45, 2.75) is 13.0 Å². The molecule has 0 aliphatic carbocycles. The summed E-state index contributed by atoms with van der Waals surface area (Å²) in [6, 6.07) is 8.80. The van der Waals surface area contributed by atoms with Gasteiger partial charge in [0.05, 0.1) is 17.4 Å². The lowest BCUT2D eigenvalue weighted by molar-refractivity contribution is 0.101. The first kappa shape index (κ1) is 14.3. The number of hydrogen-bond donors (Lipinski definition) is 2. The normalized spacial score (nSPS) is 11.7. The molecule has 1 atom stereocenters. The monoisotopic (exact) mass is 286 g/mol. The van der Waals surface area contributed by atoms with Crippen LogP contribution in [0.2, 0.25) is 0 Å². The SMILES string of the molecule is CC(=O)c1ccc(C#N)c(NCC(O)c2ccsc2)c1. The van der Waals surface area contributed by atoms with E-state index < -0.39 is 6.10 Å². The molecule has 1 unspecified atom stereocenters. The lowest BCUT2D eigenvalue weighted by Crippen LogP contribution is -2.12. The molecule has 0 amide bonds. The van der Waals surface area contributed by atoms with Gasteiger partial charge in [0.2, 0.25) is 0 Å². The van der Waals surface area contributed by atoms with E-state index in [2.05, 4.69) is 11.4 Å². The van der Waals surface area contributed by atoms with Crippen LogP contribution in [0.4, 0.5) is 5.69 Å². The van der Waals surface area contributed by atoms with E-state index in [0.29, 0.717) is 16.8 Å². The quantitative estimate of drug-likeness (QED) is 0.829. The van der Waals surface area contributed by atoms with Gasteiger partial charge >= 0.3 is 0 Å². The number of rotatable bonds is 5. The van der Waals surface area contributed by atoms with Gasteiger partial charge in [-0.2, -0.15) is 16.6 Å². The zero-order valence-corrected chi connectivity index (χ0v) is 11.8. The standard InChI is InChI=1S/C15H14N2O2S/c1-10(18)11-2-3-12(7-16)14(6-11)17-8-15(19)13-4-5-20-9-13/h2-6,9,15,17,19H,8H2,1H3. The highest BCUT2D eigenvalue weighted by molar-refractivity contribution is 7.07. The van der Waals surface area contributed by atoms with Crippen molar-refractivity contribution in [1.29, 1.82) is 5.26 Å². The summed E-state index contributed by atoms with van der Waals surface area (Å²) in [4.78, 5) is 11.4. The van der Waals surface area contributed by atoms with E-state index in [0.717, 1.165) is 5.56 Å². The topological polar surface area (TPSA) is 73.1 Å². The summed E-state index contributed by atoms with van der Waals surface area (Å²) in [7, 11) is 0. The molecule has 0 radical (unpaired) electrons. The number of benzene rings is 1. The summed E-state index contributed by atoms with van der Waals surface area (Å²) in [5.74, 6) is -0.0593. The third-order valence-corrected chi connectivity index (χ3v) is 3.66. The van der Waals surface area contributed by atoms with E-state index in [1.165, 1.54) is 18.3 Å². The molecule has 2 rings (SSSR count). The van der Waals surface area contributed by atoms with Gasteiger partial charge in [-0.05, 0) is 47.5 Å². The summed E-state index contributed by atoms with van der Waals surface area (Å²) in [5, 5.41) is 25.9. The molecule has 5 heteroatoms. The van der Waals surface area contributed by atoms with Gasteiger partial charge in [0.15, 0.2) is 5.78 Å². The number of nitrogens with one attached hydrogen (secondary N) is 1. The second kappa shape index (κ2) is 6.33. The highest BCUT2D eigenvalue weighted by Crippen LogP contribution is 2.21. The van der Waals surface area contributed by atoms with Gasteiger partial charge in [-0.1, -0.05) is 0 Å². The Morgan fingerprint density at radius 1 is 1.50 bits per heavy atom. The number of ketones is 1. The molecule has 102 valence electrons. The first-order chi connectivity index (χ1) is 9.61. The smallest absolute Gasteiger partial charge is 0.159 e. The first-order valence-electron chi connectivity index (χ1n) is 6.11. The number of carbonyl (C=O) groups is 1. The molecule has 4 nitrogen and oxygen atoms in total. The summed E-state index contributed by atoms with van der Waals surface area (Å²) >= 11 is 1.52. The third-order valence-electron chi connectivity index (χ3n) is 2.96. The highest BCUT2D eigenvalue weighted by atomic mass is 32.1. The number of nitriles is 1. The van der Waals surface area contributed by atoms with Crippen molar-refractivity contribution in [3.8, 4) is 6.07 Å². The molecular formula is C15H14N2O2S. The maximum atomic E-state index is 11.4. The van der Waals surface area contributed by atoms with Crippen molar-refractivity contribution in [2.24, 2.45) is 0 Å². The molecule has 1 aromatic heterocycles. The molecule has 0 saturated heterocycles. The average molecular weight is 286 g/mol. The van der Waals surface area contributed by atoms with E-state index >= 15 is 0 Å². The minimum Gasteiger partial charge on any atom is -0.387 e. The van der Waals surface area contributed by atoms with Crippen LogP contribution in [0.15, 0.2) is 35.0 Å². The highest BCUT2D eigenvalue weighted by Gasteiger charge is 2.10. The minimum atomic E-state index is -0.645. The van der Waals surface area contributed by atoms with Crippen molar-refractivity contribution in [3.63, 3.8) is 0 Å². The number of aliphatic hydroxyl groups excluding tert-OH is 1. The van der Waals surface area contributed by atoms with E-state index in [1.807, 2.05) is 16.8 Å². The van der Waals surface area contributed by atoms with Crippen molar-refractivity contribution in [2.75, 3.05) is 11.9 Å². The Morgan fingerprint density at radius 2 is 2.30 bits per heavy atom. The Hall–Kier alpha value is -2.16. The van der Waals surface area contributed by atoms with E-state index in [9.17, 15) is 9.90 Å². The second-order valence-electron chi connectivity index (χ2n) is 4.38. The van der Waals surface area contributed by atoms with Crippen LogP contribution in [-0.2, 0) is 0 Å². The fourth-order valence-corrected chi connectivity index (χ4v) is 2.50. The van der Waals surface area contributed by atoms with Gasteiger partial charge < -0.3 is 10.4 Å². The van der Waals surface area contributed by atoms with Crippen molar-refractivity contribution in [1.82, 2.24) is 0 Å². The summed E-state index contributed by atoms with van der Waals surface area (Å²) in [6.45, 7) is 1.76. The van der Waals surface area contributed by atoms with Crippen LogP contribution in [0.25, 0.3) is 0 Å². The van der Waals surface area contributed by atoms with E-state index in [1.54, 1.807) is 18.2 Å². The van der Waals surface area contributed by atoms with Crippen molar-refractivity contribution in [3.05, 3.63) is 51.7 Å². The van der Waals surface area contributed by atoms with Gasteiger partial charge in [0.1, 0.15) is 6.07 Å². The molecule has 1 heterocycles. The molecule has 20 heavy (non-hydrogen) atoms. The van der Waals surface area contributed by atoms with Gasteiger partial charge in [0.25, 0.3) is 0 Å². The summed E-state index contributed by atoms with van der Waals surface area (Å²) in [5.41, 5.74) is 2.39. The maximum Gasteiger partial charge on any atom is 0.159 e. The lowest BCUT2D eigenvalue weighted by atomic mass is 10.1. The fourth-order valence-electron chi connectivity index (χ4n) is 1.80. The maximum absolute atomic E-state index is 11.4. The third kappa shape index (κ3) is 3.23. The molecule has 0 aliphatic rings.